The second kappa shape index (κ2) is 7.61. The Balaban J connectivity index is 1.66. The minimum Gasteiger partial charge on any atom is -0.325 e. The van der Waals surface area contributed by atoms with E-state index in [-0.39, 0.29) is 12.5 Å². The van der Waals surface area contributed by atoms with E-state index in [2.05, 4.69) is 10.6 Å². The van der Waals surface area contributed by atoms with Crippen molar-refractivity contribution in [1.29, 1.82) is 0 Å². The summed E-state index contributed by atoms with van der Waals surface area (Å²) in [7, 11) is 0. The number of rotatable bonds is 5. The molecule has 27 heavy (non-hydrogen) atoms. The van der Waals surface area contributed by atoms with Gasteiger partial charge in [-0.25, -0.2) is 4.79 Å². The highest BCUT2D eigenvalue weighted by Gasteiger charge is 2.38. The van der Waals surface area contributed by atoms with Crippen molar-refractivity contribution in [2.75, 3.05) is 11.9 Å². The number of imide groups is 1. The normalized spacial score (nSPS) is 16.4. The maximum absolute atomic E-state index is 12.5. The molecule has 0 bridgehead atoms. The highest BCUT2D eigenvalue weighted by molar-refractivity contribution is 6.08. The third-order valence-corrected chi connectivity index (χ3v) is 4.63. The molecule has 4 amide bonds. The van der Waals surface area contributed by atoms with Crippen LogP contribution in [0.1, 0.15) is 22.3 Å². The molecule has 0 aliphatic carbocycles. The minimum atomic E-state index is -0.643. The molecule has 0 unspecified atom stereocenters. The number of benzene rings is 2. The van der Waals surface area contributed by atoms with Crippen LogP contribution in [0.15, 0.2) is 42.5 Å². The number of urea groups is 1. The monoisotopic (exact) mass is 365 g/mol. The van der Waals surface area contributed by atoms with Crippen LogP contribution in [0.3, 0.4) is 0 Å². The summed E-state index contributed by atoms with van der Waals surface area (Å²) < 4.78 is 0. The number of carbonyl (C=O) groups is 3. The molecule has 2 N–H and O–H groups in total. The summed E-state index contributed by atoms with van der Waals surface area (Å²) in [5.41, 5.74) is 4.67. The smallest absolute Gasteiger partial charge is 0.325 e. The lowest BCUT2D eigenvalue weighted by molar-refractivity contribution is -0.130. The minimum absolute atomic E-state index is 0.303. The Morgan fingerprint density at radius 1 is 1.07 bits per heavy atom. The standard InChI is InChI=1S/C21H23N3O3/c1-13-9-14(2)19(15(3)10-13)23-18(25)12-24-20(26)17(22-21(24)27)11-16-7-5-4-6-8-16/h4-10,17H,11-12H2,1-3H3,(H,22,27)(H,23,25)/t17-/m0/s1. The van der Waals surface area contributed by atoms with E-state index in [1.165, 1.54) is 0 Å². The maximum Gasteiger partial charge on any atom is 0.325 e. The molecule has 1 heterocycles. The van der Waals surface area contributed by atoms with E-state index in [9.17, 15) is 14.4 Å². The van der Waals surface area contributed by atoms with Gasteiger partial charge in [0, 0.05) is 12.1 Å². The molecule has 0 spiro atoms. The summed E-state index contributed by atoms with van der Waals surface area (Å²) in [5.74, 6) is -0.773. The van der Waals surface area contributed by atoms with Gasteiger partial charge in [0.25, 0.3) is 5.91 Å². The van der Waals surface area contributed by atoms with Gasteiger partial charge in [-0.1, -0.05) is 48.0 Å². The number of nitrogens with one attached hydrogen (secondary N) is 2. The zero-order chi connectivity index (χ0) is 19.6. The Morgan fingerprint density at radius 3 is 2.33 bits per heavy atom. The van der Waals surface area contributed by atoms with Gasteiger partial charge in [-0.15, -0.1) is 0 Å². The highest BCUT2D eigenvalue weighted by Crippen LogP contribution is 2.22. The van der Waals surface area contributed by atoms with Crippen molar-refractivity contribution in [2.45, 2.75) is 33.2 Å². The van der Waals surface area contributed by atoms with Crippen LogP contribution in [-0.2, 0) is 16.0 Å². The summed E-state index contributed by atoms with van der Waals surface area (Å²) in [6.45, 7) is 5.52. The second-order valence-electron chi connectivity index (χ2n) is 6.94. The van der Waals surface area contributed by atoms with Gasteiger partial charge in [0.2, 0.25) is 5.91 Å². The average Bonchev–Trinajstić information content (AvgIpc) is 2.86. The van der Waals surface area contributed by atoms with Gasteiger partial charge in [-0.3, -0.25) is 14.5 Å². The molecule has 140 valence electrons. The number of hydrogen-bond donors (Lipinski definition) is 2. The third-order valence-electron chi connectivity index (χ3n) is 4.63. The summed E-state index contributed by atoms with van der Waals surface area (Å²) >= 11 is 0. The fraction of sp³-hybridized carbons (Fsp3) is 0.286. The van der Waals surface area contributed by atoms with Crippen LogP contribution in [0, 0.1) is 20.8 Å². The van der Waals surface area contributed by atoms with Crippen LogP contribution in [0.5, 0.6) is 0 Å². The van der Waals surface area contributed by atoms with Crippen molar-refractivity contribution in [2.24, 2.45) is 0 Å². The molecule has 1 aliphatic rings. The highest BCUT2D eigenvalue weighted by atomic mass is 16.2. The number of anilines is 1. The third kappa shape index (κ3) is 4.16. The first kappa shape index (κ1) is 18.6. The number of aryl methyl sites for hydroxylation is 3. The van der Waals surface area contributed by atoms with E-state index in [0.29, 0.717) is 6.42 Å². The van der Waals surface area contributed by atoms with Crippen LogP contribution < -0.4 is 10.6 Å². The lowest BCUT2D eigenvalue weighted by Crippen LogP contribution is -2.38. The molecule has 0 radical (unpaired) electrons. The van der Waals surface area contributed by atoms with Gasteiger partial charge in [-0.05, 0) is 37.5 Å². The van der Waals surface area contributed by atoms with Crippen molar-refractivity contribution in [3.63, 3.8) is 0 Å². The Bertz CT molecular complexity index is 870. The molecule has 6 heteroatoms. The van der Waals surface area contributed by atoms with Gasteiger partial charge < -0.3 is 10.6 Å². The average molecular weight is 365 g/mol. The topological polar surface area (TPSA) is 78.5 Å². The number of hydrogen-bond acceptors (Lipinski definition) is 3. The van der Waals surface area contributed by atoms with E-state index in [1.807, 2.05) is 63.2 Å². The molecule has 3 rings (SSSR count). The van der Waals surface area contributed by atoms with Gasteiger partial charge >= 0.3 is 6.03 Å². The first-order valence-corrected chi connectivity index (χ1v) is 8.88. The predicted octanol–water partition coefficient (Wildman–Crippen LogP) is 2.71. The molecule has 1 atom stereocenters. The van der Waals surface area contributed by atoms with Crippen LogP contribution >= 0.6 is 0 Å². The van der Waals surface area contributed by atoms with E-state index in [0.717, 1.165) is 32.8 Å². The zero-order valence-electron chi connectivity index (χ0n) is 15.7. The number of amides is 4. The molecule has 1 fully saturated rings. The van der Waals surface area contributed by atoms with E-state index < -0.39 is 18.0 Å². The van der Waals surface area contributed by atoms with E-state index in [1.54, 1.807) is 0 Å². The zero-order valence-corrected chi connectivity index (χ0v) is 15.7. The van der Waals surface area contributed by atoms with Gasteiger partial charge in [-0.2, -0.15) is 0 Å². The molecule has 2 aromatic rings. The molecule has 1 aliphatic heterocycles. The lowest BCUT2D eigenvalue weighted by atomic mass is 10.1. The second-order valence-corrected chi connectivity index (χ2v) is 6.94. The fourth-order valence-electron chi connectivity index (χ4n) is 3.41. The molecule has 1 saturated heterocycles. The van der Waals surface area contributed by atoms with Gasteiger partial charge in [0.15, 0.2) is 0 Å². The SMILES string of the molecule is Cc1cc(C)c(NC(=O)CN2C(=O)N[C@@H](Cc3ccccc3)C2=O)c(C)c1. The molecular weight excluding hydrogens is 342 g/mol. The number of carbonyl (C=O) groups excluding carboxylic acids is 3. The van der Waals surface area contributed by atoms with Crippen LogP contribution in [0.2, 0.25) is 0 Å². The summed E-state index contributed by atoms with van der Waals surface area (Å²) in [4.78, 5) is 38.1. The largest absolute Gasteiger partial charge is 0.325 e. The summed E-state index contributed by atoms with van der Waals surface area (Å²) in [6.07, 6.45) is 0.402. The predicted molar refractivity (Wildman–Crippen MR) is 103 cm³/mol. The molecule has 2 aromatic carbocycles. The first-order valence-electron chi connectivity index (χ1n) is 8.88. The quantitative estimate of drug-likeness (QED) is 0.800. The Kier molecular flexibility index (Phi) is 5.26. The molecule has 0 aromatic heterocycles. The molecule has 0 saturated carbocycles. The van der Waals surface area contributed by atoms with Crippen molar-refractivity contribution in [1.82, 2.24) is 10.2 Å². The number of nitrogens with zero attached hydrogens (tertiary/aromatic N) is 1. The van der Waals surface area contributed by atoms with Crippen molar-refractivity contribution in [3.8, 4) is 0 Å². The van der Waals surface area contributed by atoms with Crippen molar-refractivity contribution < 1.29 is 14.4 Å². The first-order chi connectivity index (χ1) is 12.8. The fourth-order valence-corrected chi connectivity index (χ4v) is 3.41. The maximum atomic E-state index is 12.5. The van der Waals surface area contributed by atoms with Crippen LogP contribution in [-0.4, -0.2) is 35.3 Å². The lowest BCUT2D eigenvalue weighted by Gasteiger charge is -2.16. The summed E-state index contributed by atoms with van der Waals surface area (Å²) in [6, 6.07) is 12.2. The Labute approximate surface area is 158 Å². The van der Waals surface area contributed by atoms with E-state index in [4.69, 9.17) is 0 Å². The van der Waals surface area contributed by atoms with Gasteiger partial charge in [0.05, 0.1) is 0 Å². The van der Waals surface area contributed by atoms with Crippen molar-refractivity contribution >= 4 is 23.5 Å². The van der Waals surface area contributed by atoms with Crippen LogP contribution in [0.25, 0.3) is 0 Å². The Morgan fingerprint density at radius 2 is 1.70 bits per heavy atom. The molecule has 6 nitrogen and oxygen atoms in total. The van der Waals surface area contributed by atoms with Crippen LogP contribution in [0.4, 0.5) is 10.5 Å². The summed E-state index contributed by atoms with van der Waals surface area (Å²) in [5, 5.41) is 5.48. The molecular formula is C21H23N3O3. The van der Waals surface area contributed by atoms with Crippen molar-refractivity contribution in [3.05, 3.63) is 64.7 Å². The van der Waals surface area contributed by atoms with Gasteiger partial charge in [0.1, 0.15) is 12.6 Å². The van der Waals surface area contributed by atoms with E-state index >= 15 is 0 Å². The Hall–Kier alpha value is -3.15.